The minimum absolute atomic E-state index is 0.0168. The molecule has 0 unspecified atom stereocenters. The molecule has 0 saturated heterocycles. The molecule has 0 bridgehead atoms. The van der Waals surface area contributed by atoms with Crippen LogP contribution in [-0.4, -0.2) is 12.6 Å². The Morgan fingerprint density at radius 1 is 0.548 bits per heavy atom. The fraction of sp³-hybridized carbons (Fsp3) is 0.966. The van der Waals surface area contributed by atoms with Crippen LogP contribution in [0.2, 0.25) is 0 Å². The molecule has 0 aliphatic carbocycles. The molecule has 0 heterocycles. The summed E-state index contributed by atoms with van der Waals surface area (Å²) < 4.78 is 5.36. The first kappa shape index (κ1) is 30.5. The molecule has 0 saturated carbocycles. The second-order valence-corrected chi connectivity index (χ2v) is 10.2. The first-order chi connectivity index (χ1) is 15.2. The van der Waals surface area contributed by atoms with Gasteiger partial charge in [-0.1, -0.05) is 149 Å². The number of ether oxygens (including phenoxy) is 1. The molecular formula is C29H58O2. The molecule has 2 nitrogen and oxygen atoms in total. The van der Waals surface area contributed by atoms with E-state index in [0.29, 0.717) is 13.0 Å². The molecule has 0 aliphatic rings. The van der Waals surface area contributed by atoms with Crippen molar-refractivity contribution in [3.8, 4) is 0 Å². The Hall–Kier alpha value is -0.530. The van der Waals surface area contributed by atoms with Crippen molar-refractivity contribution in [1.82, 2.24) is 0 Å². The second-order valence-electron chi connectivity index (χ2n) is 10.2. The van der Waals surface area contributed by atoms with Crippen LogP contribution >= 0.6 is 0 Å². The molecule has 0 rings (SSSR count). The third-order valence-electron chi connectivity index (χ3n) is 6.42. The first-order valence-electron chi connectivity index (χ1n) is 14.3. The van der Waals surface area contributed by atoms with E-state index in [9.17, 15) is 4.79 Å². The van der Waals surface area contributed by atoms with Crippen LogP contribution in [0.5, 0.6) is 0 Å². The van der Waals surface area contributed by atoms with Crippen molar-refractivity contribution < 1.29 is 9.53 Å². The highest BCUT2D eigenvalue weighted by atomic mass is 16.5. The zero-order valence-electron chi connectivity index (χ0n) is 21.9. The van der Waals surface area contributed by atoms with E-state index in [1.54, 1.807) is 0 Å². The number of rotatable bonds is 25. The van der Waals surface area contributed by atoms with Gasteiger partial charge in [-0.25, -0.2) is 0 Å². The molecule has 0 N–H and O–H groups in total. The van der Waals surface area contributed by atoms with Gasteiger partial charge in [-0.15, -0.1) is 0 Å². The molecule has 186 valence electrons. The lowest BCUT2D eigenvalue weighted by Gasteiger charge is -2.06. The van der Waals surface area contributed by atoms with Crippen molar-refractivity contribution in [1.29, 1.82) is 0 Å². The van der Waals surface area contributed by atoms with Crippen molar-refractivity contribution in [3.63, 3.8) is 0 Å². The third kappa shape index (κ3) is 27.4. The summed E-state index contributed by atoms with van der Waals surface area (Å²) in [6, 6.07) is 0. The van der Waals surface area contributed by atoms with Gasteiger partial charge in [0.15, 0.2) is 0 Å². The van der Waals surface area contributed by atoms with Gasteiger partial charge in [0, 0.05) is 6.42 Å². The van der Waals surface area contributed by atoms with Crippen molar-refractivity contribution in [2.24, 2.45) is 5.92 Å². The van der Waals surface area contributed by atoms with E-state index < -0.39 is 0 Å². The molecule has 31 heavy (non-hydrogen) atoms. The Balaban J connectivity index is 3.13. The van der Waals surface area contributed by atoms with Crippen LogP contribution in [0, 0.1) is 5.92 Å². The van der Waals surface area contributed by atoms with Crippen LogP contribution in [0.1, 0.15) is 168 Å². The van der Waals surface area contributed by atoms with E-state index in [1.165, 1.54) is 128 Å². The molecule has 0 amide bonds. The maximum Gasteiger partial charge on any atom is 0.305 e. The van der Waals surface area contributed by atoms with E-state index in [-0.39, 0.29) is 5.97 Å². The zero-order valence-corrected chi connectivity index (χ0v) is 21.9. The molecule has 2 heteroatoms. The van der Waals surface area contributed by atoms with E-state index in [2.05, 4.69) is 20.8 Å². The van der Waals surface area contributed by atoms with Gasteiger partial charge < -0.3 is 4.74 Å². The summed E-state index contributed by atoms with van der Waals surface area (Å²) in [7, 11) is 0. The largest absolute Gasteiger partial charge is 0.466 e. The molecule has 0 aliphatic heterocycles. The average molecular weight is 439 g/mol. The highest BCUT2D eigenvalue weighted by molar-refractivity contribution is 5.69. The van der Waals surface area contributed by atoms with Crippen LogP contribution in [0.4, 0.5) is 0 Å². The highest BCUT2D eigenvalue weighted by Crippen LogP contribution is 2.14. The quantitative estimate of drug-likeness (QED) is 0.105. The Kier molecular flexibility index (Phi) is 25.3. The topological polar surface area (TPSA) is 26.3 Å². The van der Waals surface area contributed by atoms with Gasteiger partial charge in [-0.3, -0.25) is 4.79 Å². The van der Waals surface area contributed by atoms with Gasteiger partial charge in [0.2, 0.25) is 0 Å². The van der Waals surface area contributed by atoms with Crippen molar-refractivity contribution >= 4 is 5.97 Å². The number of unbranched alkanes of at least 4 members (excludes halogenated alkanes) is 19. The summed E-state index contributed by atoms with van der Waals surface area (Å²) in [5.41, 5.74) is 0. The minimum Gasteiger partial charge on any atom is -0.466 e. The van der Waals surface area contributed by atoms with E-state index in [0.717, 1.165) is 18.8 Å². The Labute approximate surface area is 196 Å². The van der Waals surface area contributed by atoms with Crippen LogP contribution in [-0.2, 0) is 9.53 Å². The number of esters is 1. The normalized spacial score (nSPS) is 11.4. The van der Waals surface area contributed by atoms with Gasteiger partial charge in [-0.2, -0.15) is 0 Å². The van der Waals surface area contributed by atoms with Gasteiger partial charge >= 0.3 is 5.97 Å². The van der Waals surface area contributed by atoms with Crippen molar-refractivity contribution in [3.05, 3.63) is 0 Å². The number of carbonyl (C=O) groups is 1. The Morgan fingerprint density at radius 3 is 1.39 bits per heavy atom. The molecular weight excluding hydrogens is 380 g/mol. The fourth-order valence-electron chi connectivity index (χ4n) is 4.26. The second kappa shape index (κ2) is 25.7. The standard InChI is InChI=1S/C29H58O2/c1-4-5-6-7-8-9-10-11-12-13-14-15-16-17-18-19-23-26-29(30)31-27-24-21-20-22-25-28(2)3/h28H,4-27H2,1-3H3. The summed E-state index contributed by atoms with van der Waals surface area (Å²) in [6.07, 6.45) is 30.1. The van der Waals surface area contributed by atoms with Crippen molar-refractivity contribution in [2.45, 2.75) is 168 Å². The van der Waals surface area contributed by atoms with Crippen molar-refractivity contribution in [2.75, 3.05) is 6.61 Å². The predicted octanol–water partition coefficient (Wildman–Crippen LogP) is 10.2. The summed E-state index contributed by atoms with van der Waals surface area (Å²) in [4.78, 5) is 11.8. The van der Waals surface area contributed by atoms with Gasteiger partial charge in [-0.05, 0) is 18.8 Å². The van der Waals surface area contributed by atoms with Crippen LogP contribution in [0.3, 0.4) is 0 Å². The maximum absolute atomic E-state index is 11.8. The lowest BCUT2D eigenvalue weighted by atomic mass is 10.0. The molecule has 0 spiro atoms. The van der Waals surface area contributed by atoms with Gasteiger partial charge in [0.05, 0.1) is 6.61 Å². The molecule has 0 fully saturated rings. The molecule has 0 aromatic carbocycles. The lowest BCUT2D eigenvalue weighted by molar-refractivity contribution is -0.143. The number of carbonyl (C=O) groups excluding carboxylic acids is 1. The van der Waals surface area contributed by atoms with E-state index in [1.807, 2.05) is 0 Å². The Morgan fingerprint density at radius 2 is 0.935 bits per heavy atom. The smallest absolute Gasteiger partial charge is 0.305 e. The molecule has 0 atom stereocenters. The van der Waals surface area contributed by atoms with E-state index in [4.69, 9.17) is 4.74 Å². The third-order valence-corrected chi connectivity index (χ3v) is 6.42. The van der Waals surface area contributed by atoms with Crippen LogP contribution in [0.15, 0.2) is 0 Å². The van der Waals surface area contributed by atoms with Gasteiger partial charge in [0.1, 0.15) is 0 Å². The van der Waals surface area contributed by atoms with E-state index >= 15 is 0 Å². The molecule has 0 aromatic rings. The summed E-state index contributed by atoms with van der Waals surface area (Å²) in [6.45, 7) is 7.47. The first-order valence-corrected chi connectivity index (χ1v) is 14.3. The average Bonchev–Trinajstić information content (AvgIpc) is 2.75. The summed E-state index contributed by atoms with van der Waals surface area (Å²) in [5.74, 6) is 0.825. The summed E-state index contributed by atoms with van der Waals surface area (Å²) >= 11 is 0. The fourth-order valence-corrected chi connectivity index (χ4v) is 4.26. The molecule has 0 aromatic heterocycles. The monoisotopic (exact) mass is 438 g/mol. The minimum atomic E-state index is 0.0168. The lowest BCUT2D eigenvalue weighted by Crippen LogP contribution is -2.05. The zero-order chi connectivity index (χ0) is 22.8. The number of hydrogen-bond acceptors (Lipinski definition) is 2. The highest BCUT2D eigenvalue weighted by Gasteiger charge is 2.03. The maximum atomic E-state index is 11.8. The summed E-state index contributed by atoms with van der Waals surface area (Å²) in [5, 5.41) is 0. The number of hydrogen-bond donors (Lipinski definition) is 0. The Bertz CT molecular complexity index is 351. The predicted molar refractivity (Wildman–Crippen MR) is 138 cm³/mol. The van der Waals surface area contributed by atoms with Gasteiger partial charge in [0.25, 0.3) is 0 Å². The molecule has 0 radical (unpaired) electrons. The van der Waals surface area contributed by atoms with Crippen LogP contribution < -0.4 is 0 Å². The van der Waals surface area contributed by atoms with Crippen LogP contribution in [0.25, 0.3) is 0 Å². The SMILES string of the molecule is CCCCCCCCCCCCCCCCCCCC(=O)OCCCCCCC(C)C.